The Labute approximate surface area is 136 Å². The van der Waals surface area contributed by atoms with Gasteiger partial charge < -0.3 is 19.3 Å². The Kier molecular flexibility index (Phi) is 5.77. The molecule has 1 unspecified atom stereocenters. The Morgan fingerprint density at radius 2 is 1.52 bits per heavy atom. The van der Waals surface area contributed by atoms with Crippen LogP contribution < -0.4 is 0 Å². The van der Waals surface area contributed by atoms with E-state index >= 15 is 0 Å². The fourth-order valence-corrected chi connectivity index (χ4v) is 2.66. The average molecular weight is 314 g/mol. The first-order chi connectivity index (χ1) is 11.3. The topological polar surface area (TPSA) is 47.9 Å². The van der Waals surface area contributed by atoms with Crippen LogP contribution in [0, 0.1) is 0 Å². The van der Waals surface area contributed by atoms with Crippen LogP contribution in [0.15, 0.2) is 60.7 Å². The number of aliphatic hydroxyl groups is 1. The minimum atomic E-state index is -0.777. The largest absolute Gasteiger partial charge is 0.374 e. The van der Waals surface area contributed by atoms with Crippen molar-refractivity contribution >= 4 is 0 Å². The third-order valence-electron chi connectivity index (χ3n) is 3.88. The van der Waals surface area contributed by atoms with Gasteiger partial charge in [0.2, 0.25) is 0 Å². The highest BCUT2D eigenvalue weighted by Gasteiger charge is 2.35. The molecule has 0 aromatic heterocycles. The minimum Gasteiger partial charge on any atom is -0.374 e. The first-order valence-corrected chi connectivity index (χ1v) is 7.92. The van der Waals surface area contributed by atoms with Gasteiger partial charge in [0.05, 0.1) is 25.9 Å². The molecular weight excluding hydrogens is 292 g/mol. The van der Waals surface area contributed by atoms with E-state index in [9.17, 15) is 5.11 Å². The van der Waals surface area contributed by atoms with Crippen molar-refractivity contribution < 1.29 is 19.3 Å². The van der Waals surface area contributed by atoms with Gasteiger partial charge in [-0.1, -0.05) is 60.7 Å². The van der Waals surface area contributed by atoms with Crippen molar-refractivity contribution in [3.05, 3.63) is 71.8 Å². The van der Waals surface area contributed by atoms with Crippen LogP contribution >= 0.6 is 0 Å². The van der Waals surface area contributed by atoms with Crippen LogP contribution in [0.1, 0.15) is 17.5 Å². The van der Waals surface area contributed by atoms with Crippen LogP contribution in [0.25, 0.3) is 0 Å². The predicted octanol–water partition coefficient (Wildman–Crippen LogP) is 2.90. The van der Waals surface area contributed by atoms with Crippen LogP contribution in [-0.4, -0.2) is 30.2 Å². The standard InChI is InChI=1S/C19H22O4/c20-19-11-17(22-13-16-9-5-2-6-10-16)18(23-19)14-21-12-15-7-3-1-4-8-15/h1-10,17-20H,11-14H2/t17-,18+,19?/m1/s1. The van der Waals surface area contributed by atoms with E-state index in [-0.39, 0.29) is 12.2 Å². The lowest BCUT2D eigenvalue weighted by Gasteiger charge is -2.19. The minimum absolute atomic E-state index is 0.152. The second kappa shape index (κ2) is 8.22. The van der Waals surface area contributed by atoms with Crippen LogP contribution in [0.4, 0.5) is 0 Å². The Bertz CT molecular complexity index is 572. The van der Waals surface area contributed by atoms with E-state index in [1.807, 2.05) is 60.7 Å². The van der Waals surface area contributed by atoms with Crippen LogP contribution in [-0.2, 0) is 27.4 Å². The van der Waals surface area contributed by atoms with E-state index in [4.69, 9.17) is 14.2 Å². The van der Waals surface area contributed by atoms with Gasteiger partial charge >= 0.3 is 0 Å². The van der Waals surface area contributed by atoms with Gasteiger partial charge in [-0.3, -0.25) is 0 Å². The molecule has 1 N–H and O–H groups in total. The zero-order valence-electron chi connectivity index (χ0n) is 13.0. The summed E-state index contributed by atoms with van der Waals surface area (Å²) in [4.78, 5) is 0. The normalized spacial score (nSPS) is 24.0. The zero-order chi connectivity index (χ0) is 15.9. The number of aliphatic hydroxyl groups excluding tert-OH is 1. The van der Waals surface area contributed by atoms with Gasteiger partial charge in [0.25, 0.3) is 0 Å². The molecule has 2 aromatic rings. The highest BCUT2D eigenvalue weighted by atomic mass is 16.6. The number of rotatable bonds is 7. The summed E-state index contributed by atoms with van der Waals surface area (Å²) >= 11 is 0. The molecule has 23 heavy (non-hydrogen) atoms. The van der Waals surface area contributed by atoms with Crippen molar-refractivity contribution in [2.45, 2.75) is 38.1 Å². The predicted molar refractivity (Wildman–Crippen MR) is 86.6 cm³/mol. The van der Waals surface area contributed by atoms with Gasteiger partial charge in [-0.15, -0.1) is 0 Å². The van der Waals surface area contributed by atoms with Gasteiger partial charge in [0.1, 0.15) is 6.10 Å². The number of benzene rings is 2. The molecule has 4 heteroatoms. The lowest BCUT2D eigenvalue weighted by Crippen LogP contribution is -2.29. The maximum absolute atomic E-state index is 9.73. The van der Waals surface area contributed by atoms with E-state index in [0.717, 1.165) is 11.1 Å². The van der Waals surface area contributed by atoms with Gasteiger partial charge in [-0.2, -0.15) is 0 Å². The number of ether oxygens (including phenoxy) is 3. The molecule has 122 valence electrons. The van der Waals surface area contributed by atoms with Crippen molar-refractivity contribution in [1.29, 1.82) is 0 Å². The molecule has 1 fully saturated rings. The van der Waals surface area contributed by atoms with Crippen molar-refractivity contribution in [3.8, 4) is 0 Å². The van der Waals surface area contributed by atoms with E-state index in [1.165, 1.54) is 0 Å². The summed E-state index contributed by atoms with van der Waals surface area (Å²) in [6, 6.07) is 20.0. The average Bonchev–Trinajstić information content (AvgIpc) is 2.95. The summed E-state index contributed by atoms with van der Waals surface area (Å²) in [5, 5.41) is 9.73. The number of hydrogen-bond acceptors (Lipinski definition) is 4. The molecule has 1 saturated heterocycles. The van der Waals surface area contributed by atoms with Crippen molar-refractivity contribution in [2.75, 3.05) is 6.61 Å². The summed E-state index contributed by atoms with van der Waals surface area (Å²) in [5.74, 6) is 0. The Hall–Kier alpha value is -1.72. The number of hydrogen-bond donors (Lipinski definition) is 1. The summed E-state index contributed by atoms with van der Waals surface area (Å²) in [7, 11) is 0. The Balaban J connectivity index is 1.47. The SMILES string of the molecule is OC1C[C@@H](OCc2ccccc2)[C@H](COCc2ccccc2)O1. The Morgan fingerprint density at radius 3 is 2.17 bits per heavy atom. The first kappa shape index (κ1) is 16.1. The Morgan fingerprint density at radius 1 is 0.913 bits per heavy atom. The molecule has 0 aliphatic carbocycles. The summed E-state index contributed by atoms with van der Waals surface area (Å²) < 4.78 is 17.1. The van der Waals surface area contributed by atoms with Gasteiger partial charge in [-0.25, -0.2) is 0 Å². The molecule has 3 rings (SSSR count). The smallest absolute Gasteiger partial charge is 0.157 e. The monoisotopic (exact) mass is 314 g/mol. The lowest BCUT2D eigenvalue weighted by atomic mass is 10.2. The second-order valence-corrected chi connectivity index (χ2v) is 5.70. The van der Waals surface area contributed by atoms with Crippen LogP contribution in [0.2, 0.25) is 0 Å². The highest BCUT2D eigenvalue weighted by molar-refractivity contribution is 5.14. The first-order valence-electron chi connectivity index (χ1n) is 7.92. The molecule has 3 atom stereocenters. The van der Waals surface area contributed by atoms with E-state index in [2.05, 4.69) is 0 Å². The fraction of sp³-hybridized carbons (Fsp3) is 0.368. The second-order valence-electron chi connectivity index (χ2n) is 5.70. The molecule has 1 heterocycles. The van der Waals surface area contributed by atoms with E-state index in [0.29, 0.717) is 26.2 Å². The molecule has 4 nitrogen and oxygen atoms in total. The maximum Gasteiger partial charge on any atom is 0.157 e. The van der Waals surface area contributed by atoms with Crippen molar-refractivity contribution in [3.63, 3.8) is 0 Å². The van der Waals surface area contributed by atoms with Gasteiger partial charge in [0, 0.05) is 6.42 Å². The van der Waals surface area contributed by atoms with Crippen LogP contribution in [0.5, 0.6) is 0 Å². The quantitative estimate of drug-likeness (QED) is 0.854. The summed E-state index contributed by atoms with van der Waals surface area (Å²) in [5.41, 5.74) is 2.23. The highest BCUT2D eigenvalue weighted by Crippen LogP contribution is 2.23. The van der Waals surface area contributed by atoms with Gasteiger partial charge in [-0.05, 0) is 11.1 Å². The molecule has 0 saturated carbocycles. The maximum atomic E-state index is 9.73. The molecule has 0 spiro atoms. The molecule has 2 aromatic carbocycles. The molecule has 1 aliphatic heterocycles. The summed E-state index contributed by atoms with van der Waals surface area (Å²) in [6.07, 6.45) is -0.689. The van der Waals surface area contributed by atoms with Crippen molar-refractivity contribution in [1.82, 2.24) is 0 Å². The molecule has 1 aliphatic rings. The molecule has 0 bridgehead atoms. The molecular formula is C19H22O4. The summed E-state index contributed by atoms with van der Waals surface area (Å²) in [6.45, 7) is 1.45. The zero-order valence-corrected chi connectivity index (χ0v) is 13.0. The molecule has 0 radical (unpaired) electrons. The molecule has 0 amide bonds. The fourth-order valence-electron chi connectivity index (χ4n) is 2.66. The van der Waals surface area contributed by atoms with E-state index < -0.39 is 6.29 Å². The lowest BCUT2D eigenvalue weighted by molar-refractivity contribution is -0.122. The van der Waals surface area contributed by atoms with Crippen LogP contribution in [0.3, 0.4) is 0 Å². The van der Waals surface area contributed by atoms with Crippen molar-refractivity contribution in [2.24, 2.45) is 0 Å². The van der Waals surface area contributed by atoms with E-state index in [1.54, 1.807) is 0 Å². The van der Waals surface area contributed by atoms with Gasteiger partial charge in [0.15, 0.2) is 6.29 Å². The third kappa shape index (κ3) is 4.88. The third-order valence-corrected chi connectivity index (χ3v) is 3.88.